The predicted octanol–water partition coefficient (Wildman–Crippen LogP) is 5.89. The largest absolute Gasteiger partial charge is 0.473 e. The van der Waals surface area contributed by atoms with E-state index in [-0.39, 0.29) is 30.5 Å². The summed E-state index contributed by atoms with van der Waals surface area (Å²) >= 11 is 0. The predicted molar refractivity (Wildman–Crippen MR) is 156 cm³/mol. The third kappa shape index (κ3) is 5.21. The molecule has 3 fully saturated rings. The zero-order valence-corrected chi connectivity index (χ0v) is 24.3. The lowest BCUT2D eigenvalue weighted by atomic mass is 10.00. The van der Waals surface area contributed by atoms with Crippen LogP contribution in [0.4, 0.5) is 4.79 Å². The van der Waals surface area contributed by atoms with E-state index < -0.39 is 5.60 Å². The molecule has 1 aromatic carbocycles. The van der Waals surface area contributed by atoms with Crippen molar-refractivity contribution in [3.05, 3.63) is 42.9 Å². The minimum atomic E-state index is -0.503. The van der Waals surface area contributed by atoms with Gasteiger partial charge in [0.25, 0.3) is 0 Å². The summed E-state index contributed by atoms with van der Waals surface area (Å²) in [5.74, 6) is 0.490. The molecule has 3 aliphatic heterocycles. The van der Waals surface area contributed by atoms with Crippen molar-refractivity contribution in [3.8, 4) is 28.3 Å². The highest BCUT2D eigenvalue weighted by Gasteiger charge is 2.45. The zero-order valence-electron chi connectivity index (χ0n) is 24.3. The number of rotatable bonds is 5. The SMILES string of the molecule is CC(C)(C)OC(=O)N1[C@@H]2CC[C@H]1C[C@@H](Oc1ccc(-c3ccc(-c4cnn(C5CCCCO5)c4)c4cn[nH]c34)nn1)C2. The average molecular weight is 572 g/mol. The van der Waals surface area contributed by atoms with Crippen LogP contribution in [0.1, 0.15) is 71.9 Å². The fourth-order valence-electron chi connectivity index (χ4n) is 6.60. The molecule has 4 aromatic rings. The Morgan fingerprint density at radius 3 is 2.52 bits per heavy atom. The molecule has 3 aliphatic rings. The van der Waals surface area contributed by atoms with Gasteiger partial charge in [-0.1, -0.05) is 6.07 Å². The number of aromatic nitrogens is 6. The molecule has 3 saturated heterocycles. The van der Waals surface area contributed by atoms with E-state index in [2.05, 4.69) is 31.6 Å². The van der Waals surface area contributed by atoms with Crippen LogP contribution in [0.3, 0.4) is 0 Å². The van der Waals surface area contributed by atoms with Crippen molar-refractivity contribution in [2.24, 2.45) is 0 Å². The standard InChI is InChI=1S/C31H37N7O4/c1-31(2,3)42-30(39)38-20-7-8-21(38)15-22(14-20)41-27-12-11-26(34-35-27)24-10-9-23(25-17-32-36-29(24)25)19-16-33-37(18-19)28-6-4-5-13-40-28/h9-12,16-18,20-22,28H,4-8,13-15H2,1-3H3,(H,32,36)/t20-,21+,22+,28?. The van der Waals surface area contributed by atoms with Crippen molar-refractivity contribution in [1.82, 2.24) is 35.1 Å². The first-order valence-electron chi connectivity index (χ1n) is 15.0. The molecule has 7 rings (SSSR count). The minimum Gasteiger partial charge on any atom is -0.473 e. The first kappa shape index (κ1) is 26.9. The molecule has 220 valence electrons. The average Bonchev–Trinajstić information content (AvgIpc) is 3.71. The molecule has 42 heavy (non-hydrogen) atoms. The van der Waals surface area contributed by atoms with Gasteiger partial charge >= 0.3 is 6.09 Å². The fourth-order valence-corrected chi connectivity index (χ4v) is 6.60. The first-order chi connectivity index (χ1) is 20.3. The molecule has 11 heteroatoms. The molecule has 11 nitrogen and oxygen atoms in total. The molecule has 1 unspecified atom stereocenters. The summed E-state index contributed by atoms with van der Waals surface area (Å²) < 4.78 is 19.7. The van der Waals surface area contributed by atoms with Gasteiger partial charge in [0.15, 0.2) is 0 Å². The van der Waals surface area contributed by atoms with Gasteiger partial charge in [-0.25, -0.2) is 9.48 Å². The van der Waals surface area contributed by atoms with E-state index >= 15 is 0 Å². The van der Waals surface area contributed by atoms with Crippen molar-refractivity contribution >= 4 is 17.0 Å². The highest BCUT2D eigenvalue weighted by atomic mass is 16.6. The molecule has 1 N–H and O–H groups in total. The van der Waals surface area contributed by atoms with Crippen LogP contribution >= 0.6 is 0 Å². The summed E-state index contributed by atoms with van der Waals surface area (Å²) in [5, 5.41) is 22.0. The van der Waals surface area contributed by atoms with Crippen molar-refractivity contribution in [1.29, 1.82) is 0 Å². The lowest BCUT2D eigenvalue weighted by molar-refractivity contribution is -0.0394. The molecular formula is C31H37N7O4. The number of fused-ring (bicyclic) bond motifs is 3. The van der Waals surface area contributed by atoms with Gasteiger partial charge in [-0.15, -0.1) is 10.2 Å². The number of nitrogens with zero attached hydrogens (tertiary/aromatic N) is 6. The summed E-state index contributed by atoms with van der Waals surface area (Å²) in [5.41, 5.74) is 4.10. The molecule has 1 amide bonds. The third-order valence-corrected chi connectivity index (χ3v) is 8.48. The maximum atomic E-state index is 12.8. The second kappa shape index (κ2) is 10.7. The van der Waals surface area contributed by atoms with Gasteiger partial charge < -0.3 is 19.1 Å². The second-order valence-corrected chi connectivity index (χ2v) is 12.6. The lowest BCUT2D eigenvalue weighted by Gasteiger charge is -2.39. The fraction of sp³-hybridized carbons (Fsp3) is 0.516. The van der Waals surface area contributed by atoms with Gasteiger partial charge in [0.1, 0.15) is 17.9 Å². The Balaban J connectivity index is 1.05. The monoisotopic (exact) mass is 571 g/mol. The maximum Gasteiger partial charge on any atom is 0.410 e. The first-order valence-corrected chi connectivity index (χ1v) is 15.0. The number of H-pyrrole nitrogens is 1. The van der Waals surface area contributed by atoms with Gasteiger partial charge in [-0.3, -0.25) is 5.10 Å². The summed E-state index contributed by atoms with van der Waals surface area (Å²) in [4.78, 5) is 14.7. The Kier molecular flexibility index (Phi) is 6.84. The van der Waals surface area contributed by atoms with E-state index in [0.29, 0.717) is 5.88 Å². The lowest BCUT2D eigenvalue weighted by Crippen LogP contribution is -2.50. The van der Waals surface area contributed by atoms with Crippen LogP contribution in [-0.2, 0) is 9.47 Å². The van der Waals surface area contributed by atoms with E-state index in [0.717, 1.165) is 84.8 Å². The van der Waals surface area contributed by atoms with Crippen LogP contribution in [0.2, 0.25) is 0 Å². The van der Waals surface area contributed by atoms with Gasteiger partial charge in [0, 0.05) is 60.3 Å². The van der Waals surface area contributed by atoms with Gasteiger partial charge in [0.05, 0.1) is 23.6 Å². The van der Waals surface area contributed by atoms with E-state index in [1.54, 1.807) is 0 Å². The Bertz CT molecular complexity index is 1550. The number of aromatic amines is 1. The van der Waals surface area contributed by atoms with E-state index in [4.69, 9.17) is 14.2 Å². The van der Waals surface area contributed by atoms with Gasteiger partial charge in [-0.05, 0) is 70.6 Å². The quantitative estimate of drug-likeness (QED) is 0.315. The Morgan fingerprint density at radius 1 is 1.00 bits per heavy atom. The number of hydrogen-bond acceptors (Lipinski definition) is 8. The number of carbonyl (C=O) groups excluding carboxylic acids is 1. The molecule has 0 aliphatic carbocycles. The molecule has 0 radical (unpaired) electrons. The van der Waals surface area contributed by atoms with Crippen LogP contribution in [0, 0.1) is 0 Å². The highest BCUT2D eigenvalue weighted by Crippen LogP contribution is 2.39. The van der Waals surface area contributed by atoms with Gasteiger partial charge in [-0.2, -0.15) is 10.2 Å². The number of nitrogens with one attached hydrogen (secondary N) is 1. The summed E-state index contributed by atoms with van der Waals surface area (Å²) in [6.07, 6.45) is 12.2. The van der Waals surface area contributed by atoms with Crippen LogP contribution in [-0.4, -0.2) is 71.6 Å². The van der Waals surface area contributed by atoms with E-state index in [1.807, 2.05) is 67.1 Å². The van der Waals surface area contributed by atoms with Crippen LogP contribution in [0.25, 0.3) is 33.3 Å². The molecule has 0 spiro atoms. The number of carbonyl (C=O) groups is 1. The number of piperidine rings is 1. The summed E-state index contributed by atoms with van der Waals surface area (Å²) in [7, 11) is 0. The van der Waals surface area contributed by atoms with Gasteiger partial charge in [0.2, 0.25) is 5.88 Å². The van der Waals surface area contributed by atoms with Crippen molar-refractivity contribution in [2.45, 2.75) is 95.7 Å². The molecular weight excluding hydrogens is 534 g/mol. The molecule has 0 saturated carbocycles. The number of ether oxygens (including phenoxy) is 3. The number of amides is 1. The Hall–Kier alpha value is -3.99. The molecule has 3 aromatic heterocycles. The van der Waals surface area contributed by atoms with E-state index in [1.165, 1.54) is 0 Å². The smallest absolute Gasteiger partial charge is 0.410 e. The van der Waals surface area contributed by atoms with Crippen molar-refractivity contribution in [3.63, 3.8) is 0 Å². The normalized spacial score (nSPS) is 24.2. The molecule has 2 bridgehead atoms. The number of hydrogen-bond donors (Lipinski definition) is 1. The van der Waals surface area contributed by atoms with Crippen molar-refractivity contribution in [2.75, 3.05) is 6.61 Å². The Morgan fingerprint density at radius 2 is 1.81 bits per heavy atom. The van der Waals surface area contributed by atoms with Crippen LogP contribution in [0.5, 0.6) is 5.88 Å². The zero-order chi connectivity index (χ0) is 28.8. The molecule has 6 heterocycles. The highest BCUT2D eigenvalue weighted by molar-refractivity contribution is 6.01. The molecule has 4 atom stereocenters. The third-order valence-electron chi connectivity index (χ3n) is 8.48. The Labute approximate surface area is 244 Å². The van der Waals surface area contributed by atoms with E-state index in [9.17, 15) is 4.79 Å². The maximum absolute atomic E-state index is 12.8. The summed E-state index contributed by atoms with van der Waals surface area (Å²) in [6, 6.07) is 8.18. The van der Waals surface area contributed by atoms with Crippen LogP contribution in [0.15, 0.2) is 42.9 Å². The summed E-state index contributed by atoms with van der Waals surface area (Å²) in [6.45, 7) is 6.48. The topological polar surface area (TPSA) is 120 Å². The minimum absolute atomic E-state index is 0.00435. The van der Waals surface area contributed by atoms with Crippen LogP contribution < -0.4 is 4.74 Å². The number of benzene rings is 1. The second-order valence-electron chi connectivity index (χ2n) is 12.6. The van der Waals surface area contributed by atoms with Crippen molar-refractivity contribution < 1.29 is 19.0 Å².